The molecule has 1 aromatic rings. The van der Waals surface area contributed by atoms with Crippen molar-refractivity contribution in [3.8, 4) is 0 Å². The maximum Gasteiger partial charge on any atom is 0.240 e. The Morgan fingerprint density at radius 3 is 2.83 bits per heavy atom. The number of amides is 1. The predicted molar refractivity (Wildman–Crippen MR) is 75.7 cm³/mol. The Morgan fingerprint density at radius 1 is 1.56 bits per heavy atom. The lowest BCUT2D eigenvalue weighted by Crippen LogP contribution is -2.52. The molecule has 18 heavy (non-hydrogen) atoms. The van der Waals surface area contributed by atoms with Crippen LogP contribution in [0, 0.1) is 5.92 Å². The van der Waals surface area contributed by atoms with Crippen molar-refractivity contribution in [2.45, 2.75) is 45.2 Å². The van der Waals surface area contributed by atoms with E-state index in [9.17, 15) is 4.79 Å². The molecule has 0 spiro atoms. The predicted octanol–water partition coefficient (Wildman–Crippen LogP) is 2.70. The number of carbonyl (C=O) groups is 1. The van der Waals surface area contributed by atoms with Crippen LogP contribution >= 0.6 is 11.3 Å². The van der Waals surface area contributed by atoms with Crippen molar-refractivity contribution in [2.75, 3.05) is 6.54 Å². The number of hydrogen-bond donors (Lipinski definition) is 2. The van der Waals surface area contributed by atoms with E-state index < -0.39 is 0 Å². The summed E-state index contributed by atoms with van der Waals surface area (Å²) in [5, 5.41) is 8.59. The van der Waals surface area contributed by atoms with Crippen LogP contribution in [0.25, 0.3) is 0 Å². The zero-order valence-corrected chi connectivity index (χ0v) is 12.1. The van der Waals surface area contributed by atoms with Gasteiger partial charge in [0.25, 0.3) is 0 Å². The van der Waals surface area contributed by atoms with E-state index in [-0.39, 0.29) is 17.5 Å². The highest BCUT2D eigenvalue weighted by Gasteiger charge is 2.37. The van der Waals surface area contributed by atoms with Crippen LogP contribution in [0.4, 0.5) is 0 Å². The van der Waals surface area contributed by atoms with E-state index in [0.717, 1.165) is 19.4 Å². The maximum atomic E-state index is 12.4. The number of carbonyl (C=O) groups excluding carboxylic acids is 1. The standard InChI is InChI=1S/C14H22N2OS/c1-10(2)12(11-6-4-9-18-11)16-13(17)14(3)7-5-8-15-14/h4,6,9-10,12,15H,5,7-8H2,1-3H3,(H,16,17). The van der Waals surface area contributed by atoms with Crippen LogP contribution in [0.15, 0.2) is 17.5 Å². The normalized spacial score (nSPS) is 25.3. The lowest BCUT2D eigenvalue weighted by atomic mass is 9.96. The topological polar surface area (TPSA) is 41.1 Å². The molecule has 2 unspecified atom stereocenters. The van der Waals surface area contributed by atoms with Crippen molar-refractivity contribution in [3.05, 3.63) is 22.4 Å². The van der Waals surface area contributed by atoms with E-state index >= 15 is 0 Å². The summed E-state index contributed by atoms with van der Waals surface area (Å²) in [5.41, 5.74) is -0.385. The van der Waals surface area contributed by atoms with Crippen molar-refractivity contribution >= 4 is 17.2 Å². The molecular formula is C14H22N2OS. The van der Waals surface area contributed by atoms with E-state index in [1.54, 1.807) is 11.3 Å². The Balaban J connectivity index is 2.08. The molecule has 2 atom stereocenters. The SMILES string of the molecule is CC(C)C(NC(=O)C1(C)CCCN1)c1cccs1. The van der Waals surface area contributed by atoms with Gasteiger partial charge in [0.15, 0.2) is 0 Å². The Labute approximate surface area is 113 Å². The van der Waals surface area contributed by atoms with E-state index in [1.165, 1.54) is 4.88 Å². The molecule has 1 aliphatic heterocycles. The van der Waals surface area contributed by atoms with Gasteiger partial charge in [0.2, 0.25) is 5.91 Å². The second-order valence-electron chi connectivity index (χ2n) is 5.57. The summed E-state index contributed by atoms with van der Waals surface area (Å²) in [4.78, 5) is 13.6. The van der Waals surface area contributed by atoms with Gasteiger partial charge in [-0.2, -0.15) is 0 Å². The van der Waals surface area contributed by atoms with Crippen molar-refractivity contribution < 1.29 is 4.79 Å². The third-order valence-corrected chi connectivity index (χ3v) is 4.63. The molecule has 1 fully saturated rings. The largest absolute Gasteiger partial charge is 0.347 e. The molecular weight excluding hydrogens is 244 g/mol. The lowest BCUT2D eigenvalue weighted by Gasteiger charge is -2.28. The fourth-order valence-electron chi connectivity index (χ4n) is 2.42. The van der Waals surface area contributed by atoms with Crippen molar-refractivity contribution in [1.29, 1.82) is 0 Å². The smallest absolute Gasteiger partial charge is 0.240 e. The van der Waals surface area contributed by atoms with Crippen LogP contribution in [0.3, 0.4) is 0 Å². The second kappa shape index (κ2) is 5.41. The Bertz CT molecular complexity index is 394. The third kappa shape index (κ3) is 2.75. The van der Waals surface area contributed by atoms with E-state index in [1.807, 2.05) is 13.0 Å². The molecule has 2 rings (SSSR count). The molecule has 2 heterocycles. The Hall–Kier alpha value is -0.870. The highest BCUT2D eigenvalue weighted by Crippen LogP contribution is 2.27. The van der Waals surface area contributed by atoms with Crippen molar-refractivity contribution in [2.24, 2.45) is 5.92 Å². The molecule has 1 aliphatic rings. The zero-order valence-electron chi connectivity index (χ0n) is 11.3. The van der Waals surface area contributed by atoms with Gasteiger partial charge in [-0.05, 0) is 43.7 Å². The van der Waals surface area contributed by atoms with Crippen LogP contribution in [-0.2, 0) is 4.79 Å². The Morgan fingerprint density at radius 2 is 2.33 bits per heavy atom. The van der Waals surface area contributed by atoms with Gasteiger partial charge >= 0.3 is 0 Å². The summed E-state index contributed by atoms with van der Waals surface area (Å²) in [6.07, 6.45) is 2.00. The average Bonchev–Trinajstić information content (AvgIpc) is 2.96. The van der Waals surface area contributed by atoms with Crippen LogP contribution in [0.1, 0.15) is 44.5 Å². The molecule has 0 bridgehead atoms. The first-order valence-electron chi connectivity index (χ1n) is 6.62. The van der Waals surface area contributed by atoms with E-state index in [2.05, 4.69) is 35.9 Å². The monoisotopic (exact) mass is 266 g/mol. The molecule has 0 aliphatic carbocycles. The first kappa shape index (κ1) is 13.6. The first-order valence-corrected chi connectivity index (χ1v) is 7.50. The molecule has 1 amide bonds. The van der Waals surface area contributed by atoms with Gasteiger partial charge in [-0.15, -0.1) is 11.3 Å². The molecule has 1 aromatic heterocycles. The minimum atomic E-state index is -0.385. The summed E-state index contributed by atoms with van der Waals surface area (Å²) >= 11 is 1.71. The van der Waals surface area contributed by atoms with Crippen LogP contribution < -0.4 is 10.6 Å². The average molecular weight is 266 g/mol. The van der Waals surface area contributed by atoms with Crippen LogP contribution in [-0.4, -0.2) is 18.0 Å². The lowest BCUT2D eigenvalue weighted by molar-refractivity contribution is -0.127. The maximum absolute atomic E-state index is 12.4. The van der Waals surface area contributed by atoms with Crippen molar-refractivity contribution in [3.63, 3.8) is 0 Å². The highest BCUT2D eigenvalue weighted by molar-refractivity contribution is 7.10. The first-order chi connectivity index (χ1) is 8.53. The second-order valence-corrected chi connectivity index (χ2v) is 6.55. The van der Waals surface area contributed by atoms with E-state index in [0.29, 0.717) is 5.92 Å². The van der Waals surface area contributed by atoms with Crippen LogP contribution in [0.5, 0.6) is 0 Å². The number of thiophene rings is 1. The molecule has 0 saturated carbocycles. The van der Waals surface area contributed by atoms with Gasteiger partial charge in [-0.1, -0.05) is 19.9 Å². The number of nitrogens with one attached hydrogen (secondary N) is 2. The molecule has 3 nitrogen and oxygen atoms in total. The van der Waals surface area contributed by atoms with Gasteiger partial charge in [0, 0.05) is 4.88 Å². The summed E-state index contributed by atoms with van der Waals surface area (Å²) in [5.74, 6) is 0.532. The molecule has 1 saturated heterocycles. The van der Waals surface area contributed by atoms with Gasteiger partial charge < -0.3 is 10.6 Å². The third-order valence-electron chi connectivity index (χ3n) is 3.67. The molecule has 4 heteroatoms. The van der Waals surface area contributed by atoms with Crippen molar-refractivity contribution in [1.82, 2.24) is 10.6 Å². The Kier molecular flexibility index (Phi) is 4.07. The fraction of sp³-hybridized carbons (Fsp3) is 0.643. The van der Waals surface area contributed by atoms with Crippen LogP contribution in [0.2, 0.25) is 0 Å². The summed E-state index contributed by atoms with van der Waals surface area (Å²) in [7, 11) is 0. The summed E-state index contributed by atoms with van der Waals surface area (Å²) in [6.45, 7) is 7.24. The van der Waals surface area contributed by atoms with Gasteiger partial charge in [0.1, 0.15) is 0 Å². The van der Waals surface area contributed by atoms with E-state index in [4.69, 9.17) is 0 Å². The molecule has 2 N–H and O–H groups in total. The minimum absolute atomic E-state index is 0.122. The van der Waals surface area contributed by atoms with Gasteiger partial charge in [-0.25, -0.2) is 0 Å². The highest BCUT2D eigenvalue weighted by atomic mass is 32.1. The van der Waals surface area contributed by atoms with Gasteiger partial charge in [-0.3, -0.25) is 4.79 Å². The number of hydrogen-bond acceptors (Lipinski definition) is 3. The zero-order chi connectivity index (χ0) is 13.2. The molecule has 0 radical (unpaired) electrons. The number of rotatable bonds is 4. The molecule has 100 valence electrons. The fourth-order valence-corrected chi connectivity index (χ4v) is 3.37. The minimum Gasteiger partial charge on any atom is -0.347 e. The quantitative estimate of drug-likeness (QED) is 0.880. The molecule has 0 aromatic carbocycles. The summed E-state index contributed by atoms with van der Waals surface area (Å²) in [6, 6.07) is 4.26. The summed E-state index contributed by atoms with van der Waals surface area (Å²) < 4.78 is 0. The van der Waals surface area contributed by atoms with Gasteiger partial charge in [0.05, 0.1) is 11.6 Å².